The summed E-state index contributed by atoms with van der Waals surface area (Å²) in [7, 11) is 0. The number of hydrogen-bond acceptors (Lipinski definition) is 5. The Labute approximate surface area is 159 Å². The van der Waals surface area contributed by atoms with Crippen LogP contribution in [0.4, 0.5) is 18.9 Å². The molecule has 1 aromatic carbocycles. The van der Waals surface area contributed by atoms with Gasteiger partial charge in [0, 0.05) is 16.9 Å². The second-order valence-corrected chi connectivity index (χ2v) is 6.54. The molecule has 0 aliphatic carbocycles. The third-order valence-corrected chi connectivity index (χ3v) is 4.70. The van der Waals surface area contributed by atoms with Crippen molar-refractivity contribution in [2.75, 3.05) is 18.5 Å². The number of amides is 1. The molecule has 2 aromatic rings. The van der Waals surface area contributed by atoms with Gasteiger partial charge in [-0.1, -0.05) is 6.92 Å². The van der Waals surface area contributed by atoms with E-state index >= 15 is 0 Å². The fraction of sp³-hybridized carbons (Fsp3) is 0.389. The van der Waals surface area contributed by atoms with E-state index in [9.17, 15) is 18.0 Å². The maximum absolute atomic E-state index is 14.9. The molecule has 0 bridgehead atoms. The van der Waals surface area contributed by atoms with E-state index < -0.39 is 29.8 Å². The number of aromatic nitrogens is 2. The van der Waals surface area contributed by atoms with Crippen molar-refractivity contribution in [2.24, 2.45) is 10.7 Å². The smallest absolute Gasteiger partial charge is 0.299 e. The molecule has 150 valence electrons. The number of hydrogen-bond donors (Lipinski definition) is 3. The molecule has 28 heavy (non-hydrogen) atoms. The minimum atomic E-state index is -3.51. The normalized spacial score (nSPS) is 21.7. The summed E-state index contributed by atoms with van der Waals surface area (Å²) in [5, 5.41) is 2.54. The van der Waals surface area contributed by atoms with E-state index in [0.717, 1.165) is 12.1 Å². The summed E-state index contributed by atoms with van der Waals surface area (Å²) in [5.41, 5.74) is 3.87. The Morgan fingerprint density at radius 1 is 1.43 bits per heavy atom. The first-order valence-electron chi connectivity index (χ1n) is 8.61. The first kappa shape index (κ1) is 19.9. The van der Waals surface area contributed by atoms with Crippen molar-refractivity contribution in [1.82, 2.24) is 9.97 Å². The van der Waals surface area contributed by atoms with E-state index in [1.807, 2.05) is 0 Å². The van der Waals surface area contributed by atoms with Gasteiger partial charge in [0.05, 0.1) is 6.33 Å². The van der Waals surface area contributed by atoms with Gasteiger partial charge in [0.25, 0.3) is 11.8 Å². The fourth-order valence-corrected chi connectivity index (χ4v) is 3.25. The zero-order valence-corrected chi connectivity index (χ0v) is 15.4. The molecule has 1 amide bonds. The molecule has 3 rings (SSSR count). The van der Waals surface area contributed by atoms with Crippen LogP contribution >= 0.6 is 0 Å². The predicted octanol–water partition coefficient (Wildman–Crippen LogP) is 2.74. The molecule has 0 radical (unpaired) electrons. The zero-order valence-electron chi connectivity index (χ0n) is 15.4. The van der Waals surface area contributed by atoms with Crippen molar-refractivity contribution < 1.29 is 22.7 Å². The molecule has 0 spiro atoms. The van der Waals surface area contributed by atoms with Gasteiger partial charge in [-0.2, -0.15) is 0 Å². The van der Waals surface area contributed by atoms with Crippen LogP contribution in [-0.2, 0) is 10.3 Å². The van der Waals surface area contributed by atoms with Crippen molar-refractivity contribution in [1.29, 1.82) is 0 Å². The van der Waals surface area contributed by atoms with E-state index in [4.69, 9.17) is 10.5 Å². The number of anilines is 1. The number of aryl methyl sites for hydroxylation is 1. The number of aromatic amines is 1. The van der Waals surface area contributed by atoms with Crippen LogP contribution in [-0.4, -0.2) is 40.8 Å². The summed E-state index contributed by atoms with van der Waals surface area (Å²) in [5.74, 6) is -5.10. The van der Waals surface area contributed by atoms with Crippen LogP contribution in [0.1, 0.15) is 35.1 Å². The lowest BCUT2D eigenvalue weighted by Gasteiger charge is -2.36. The van der Waals surface area contributed by atoms with E-state index in [2.05, 4.69) is 20.3 Å². The molecule has 2 heterocycles. The average Bonchev–Trinajstić information content (AvgIpc) is 3.02. The van der Waals surface area contributed by atoms with Crippen LogP contribution in [0, 0.1) is 12.7 Å². The van der Waals surface area contributed by atoms with E-state index in [1.165, 1.54) is 19.3 Å². The molecule has 0 saturated carbocycles. The second-order valence-electron chi connectivity index (χ2n) is 6.54. The third-order valence-electron chi connectivity index (χ3n) is 4.70. The number of carbonyl (C=O) groups is 1. The molecule has 7 nitrogen and oxygen atoms in total. The van der Waals surface area contributed by atoms with E-state index in [0.29, 0.717) is 5.69 Å². The predicted molar refractivity (Wildman–Crippen MR) is 97.0 cm³/mol. The molecule has 1 aliphatic heterocycles. The van der Waals surface area contributed by atoms with Gasteiger partial charge in [0.1, 0.15) is 30.6 Å². The fourth-order valence-electron chi connectivity index (χ4n) is 3.25. The lowest BCUT2D eigenvalue weighted by atomic mass is 9.81. The van der Waals surface area contributed by atoms with Crippen LogP contribution in [0.25, 0.3) is 0 Å². The quantitative estimate of drug-likeness (QED) is 0.740. The highest BCUT2D eigenvalue weighted by molar-refractivity contribution is 6.03. The lowest BCUT2D eigenvalue weighted by molar-refractivity contribution is -0.123. The number of rotatable bonds is 4. The molecule has 10 heteroatoms. The number of nitrogens with one attached hydrogen (secondary N) is 2. The zero-order chi connectivity index (χ0) is 20.5. The van der Waals surface area contributed by atoms with Crippen LogP contribution in [0.2, 0.25) is 0 Å². The number of aliphatic imine (C=N–C) groups is 1. The molecular weight excluding hydrogens is 375 g/mol. The highest BCUT2D eigenvalue weighted by atomic mass is 19.3. The maximum atomic E-state index is 14.9. The minimum absolute atomic E-state index is 0.131. The van der Waals surface area contributed by atoms with Crippen LogP contribution in [0.5, 0.6) is 0 Å². The van der Waals surface area contributed by atoms with Gasteiger partial charge in [-0.25, -0.2) is 18.2 Å². The van der Waals surface area contributed by atoms with Gasteiger partial charge in [-0.3, -0.25) is 9.79 Å². The highest BCUT2D eigenvalue weighted by Gasteiger charge is 2.56. The SMILES string of the molecule is CCC1(c2cc(NC(=O)c3nc[nH]c3C)ccc2F)N=C(N)COCC1(F)F. The van der Waals surface area contributed by atoms with E-state index in [1.54, 1.807) is 6.92 Å². The monoisotopic (exact) mass is 395 g/mol. The minimum Gasteiger partial charge on any atom is -0.385 e. The lowest BCUT2D eigenvalue weighted by Crippen LogP contribution is -2.47. The third kappa shape index (κ3) is 3.35. The average molecular weight is 395 g/mol. The van der Waals surface area contributed by atoms with Crippen LogP contribution in [0.3, 0.4) is 0 Å². The summed E-state index contributed by atoms with van der Waals surface area (Å²) < 4.78 is 49.4. The number of halogens is 3. The number of amidine groups is 1. The molecule has 0 saturated heterocycles. The van der Waals surface area contributed by atoms with Crippen molar-refractivity contribution >= 4 is 17.4 Å². The maximum Gasteiger partial charge on any atom is 0.299 e. The van der Waals surface area contributed by atoms with Crippen molar-refractivity contribution in [3.05, 3.63) is 47.3 Å². The molecular formula is C18H20F3N5O2. The topological polar surface area (TPSA) is 105 Å². The molecule has 1 atom stereocenters. The van der Waals surface area contributed by atoms with Crippen LogP contribution < -0.4 is 11.1 Å². The summed E-state index contributed by atoms with van der Waals surface area (Å²) in [6.07, 6.45) is 1.13. The molecule has 4 N–H and O–H groups in total. The van der Waals surface area contributed by atoms with Gasteiger partial charge < -0.3 is 20.8 Å². The van der Waals surface area contributed by atoms with Gasteiger partial charge >= 0.3 is 0 Å². The van der Waals surface area contributed by atoms with Gasteiger partial charge in [-0.15, -0.1) is 0 Å². The second kappa shape index (κ2) is 7.27. The highest BCUT2D eigenvalue weighted by Crippen LogP contribution is 2.46. The molecule has 1 aliphatic rings. The van der Waals surface area contributed by atoms with Gasteiger partial charge in [0.15, 0.2) is 5.54 Å². The first-order valence-corrected chi connectivity index (χ1v) is 8.61. The number of ether oxygens (including phenoxy) is 1. The number of carbonyl (C=O) groups excluding carboxylic acids is 1. The standard InChI is InChI=1S/C18H20F3N5O2/c1-3-17(18(20,21)8-28-7-14(22)26-17)12-6-11(4-5-13(12)19)25-16(27)15-10(2)23-9-24-15/h4-6,9H,3,7-8H2,1-2H3,(H2,22,26)(H,23,24)(H,25,27). The van der Waals surface area contributed by atoms with Crippen molar-refractivity contribution in [2.45, 2.75) is 31.7 Å². The number of H-pyrrole nitrogens is 1. The Morgan fingerprint density at radius 2 is 2.18 bits per heavy atom. The Kier molecular flexibility index (Phi) is 5.16. The number of benzene rings is 1. The van der Waals surface area contributed by atoms with E-state index in [-0.39, 0.29) is 35.8 Å². The largest absolute Gasteiger partial charge is 0.385 e. The first-order chi connectivity index (χ1) is 13.2. The van der Waals surface area contributed by atoms with Gasteiger partial charge in [0.2, 0.25) is 0 Å². The number of imidazole rings is 1. The number of nitrogens with zero attached hydrogens (tertiary/aromatic N) is 2. The van der Waals surface area contributed by atoms with Gasteiger partial charge in [-0.05, 0) is 31.5 Å². The summed E-state index contributed by atoms with van der Waals surface area (Å²) >= 11 is 0. The summed E-state index contributed by atoms with van der Waals surface area (Å²) in [6.45, 7) is 1.91. The number of nitrogens with two attached hydrogens (primary N) is 1. The van der Waals surface area contributed by atoms with Crippen LogP contribution in [0.15, 0.2) is 29.5 Å². The van der Waals surface area contributed by atoms with Crippen molar-refractivity contribution in [3.63, 3.8) is 0 Å². The molecule has 0 fully saturated rings. The Balaban J connectivity index is 2.05. The Bertz CT molecular complexity index is 928. The number of alkyl halides is 2. The molecule has 1 aromatic heterocycles. The molecule has 1 unspecified atom stereocenters. The van der Waals surface area contributed by atoms with Crippen molar-refractivity contribution in [3.8, 4) is 0 Å². The summed E-state index contributed by atoms with van der Waals surface area (Å²) in [4.78, 5) is 23.0. The Hall–Kier alpha value is -2.88. The Morgan fingerprint density at radius 3 is 2.82 bits per heavy atom. The summed E-state index contributed by atoms with van der Waals surface area (Å²) in [6, 6.07) is 3.43.